The Morgan fingerprint density at radius 3 is 2.53 bits per heavy atom. The highest BCUT2D eigenvalue weighted by Gasteiger charge is 2.15. The van der Waals surface area contributed by atoms with Crippen LogP contribution in [0, 0.1) is 0 Å². The maximum absolute atomic E-state index is 11.7. The van der Waals surface area contributed by atoms with E-state index in [0.29, 0.717) is 18.0 Å². The van der Waals surface area contributed by atoms with E-state index in [1.165, 1.54) is 21.2 Å². The van der Waals surface area contributed by atoms with Crippen molar-refractivity contribution < 1.29 is 13.2 Å². The molecule has 0 bridgehead atoms. The van der Waals surface area contributed by atoms with E-state index in [2.05, 4.69) is 4.72 Å². The highest BCUT2D eigenvalue weighted by atomic mass is 32.2. The Kier molecular flexibility index (Phi) is 4.33. The van der Waals surface area contributed by atoms with Crippen molar-refractivity contribution in [1.29, 1.82) is 0 Å². The quantitative estimate of drug-likeness (QED) is 0.800. The molecule has 96 valence electrons. The lowest BCUT2D eigenvalue weighted by atomic mass is 10.2. The van der Waals surface area contributed by atoms with E-state index in [4.69, 9.17) is 10.5 Å². The number of nitrogens with zero attached hydrogens (tertiary/aromatic N) is 1. The zero-order valence-corrected chi connectivity index (χ0v) is 10.9. The molecular weight excluding hydrogens is 242 g/mol. The summed E-state index contributed by atoms with van der Waals surface area (Å²) in [5, 5.41) is 0. The molecule has 0 saturated heterocycles. The van der Waals surface area contributed by atoms with Gasteiger partial charge in [-0.25, -0.2) is 0 Å². The third kappa shape index (κ3) is 3.32. The molecule has 1 rings (SSSR count). The number of nitrogens with two attached hydrogens (primary N) is 1. The molecule has 7 heteroatoms. The largest absolute Gasteiger partial charge is 0.495 e. The minimum absolute atomic E-state index is 0.372. The topological polar surface area (TPSA) is 84.7 Å². The van der Waals surface area contributed by atoms with Gasteiger partial charge in [0.25, 0.3) is 0 Å². The van der Waals surface area contributed by atoms with Gasteiger partial charge in [-0.15, -0.1) is 0 Å². The van der Waals surface area contributed by atoms with Crippen LogP contribution in [0.15, 0.2) is 18.2 Å². The van der Waals surface area contributed by atoms with Gasteiger partial charge in [-0.3, -0.25) is 4.72 Å². The minimum atomic E-state index is -3.53. The van der Waals surface area contributed by atoms with E-state index in [9.17, 15) is 8.42 Å². The van der Waals surface area contributed by atoms with Gasteiger partial charge in [0, 0.05) is 20.6 Å². The molecule has 17 heavy (non-hydrogen) atoms. The summed E-state index contributed by atoms with van der Waals surface area (Å²) in [6.07, 6.45) is 0. The molecule has 0 aliphatic heterocycles. The van der Waals surface area contributed by atoms with Crippen LogP contribution < -0.4 is 15.2 Å². The first-order chi connectivity index (χ1) is 7.90. The van der Waals surface area contributed by atoms with Crippen LogP contribution in [0.4, 0.5) is 5.69 Å². The average Bonchev–Trinajstić information content (AvgIpc) is 2.29. The summed E-state index contributed by atoms with van der Waals surface area (Å²) in [4.78, 5) is 0. The number of hydrogen-bond donors (Lipinski definition) is 2. The Hall–Kier alpha value is -1.31. The smallest absolute Gasteiger partial charge is 0.301 e. The number of anilines is 1. The van der Waals surface area contributed by atoms with Crippen LogP contribution in [-0.4, -0.2) is 33.9 Å². The van der Waals surface area contributed by atoms with E-state index in [0.717, 1.165) is 9.87 Å². The molecule has 3 N–H and O–H groups in total. The lowest BCUT2D eigenvalue weighted by Crippen LogP contribution is -2.29. The maximum atomic E-state index is 11.7. The van der Waals surface area contributed by atoms with Crippen molar-refractivity contribution in [2.45, 2.75) is 6.54 Å². The normalized spacial score (nSPS) is 11.6. The zero-order chi connectivity index (χ0) is 13.1. The van der Waals surface area contributed by atoms with E-state index < -0.39 is 10.2 Å². The van der Waals surface area contributed by atoms with Crippen molar-refractivity contribution in [1.82, 2.24) is 4.31 Å². The van der Waals surface area contributed by atoms with Crippen LogP contribution >= 0.6 is 0 Å². The molecule has 0 fully saturated rings. The van der Waals surface area contributed by atoms with Gasteiger partial charge in [0.2, 0.25) is 0 Å². The third-order valence-corrected chi connectivity index (χ3v) is 3.66. The Balaban J connectivity index is 3.07. The summed E-state index contributed by atoms with van der Waals surface area (Å²) in [7, 11) is 0.839. The molecule has 0 unspecified atom stereocenters. The van der Waals surface area contributed by atoms with Crippen molar-refractivity contribution in [3.05, 3.63) is 23.8 Å². The fourth-order valence-corrected chi connectivity index (χ4v) is 1.81. The first-order valence-electron chi connectivity index (χ1n) is 4.98. The van der Waals surface area contributed by atoms with Crippen LogP contribution in [0.3, 0.4) is 0 Å². The molecule has 0 aromatic heterocycles. The average molecular weight is 259 g/mol. The van der Waals surface area contributed by atoms with Crippen molar-refractivity contribution in [2.24, 2.45) is 5.73 Å². The molecule has 0 aliphatic rings. The number of benzene rings is 1. The van der Waals surface area contributed by atoms with E-state index in [-0.39, 0.29) is 0 Å². The predicted octanol–water partition coefficient (Wildman–Crippen LogP) is 0.372. The first kappa shape index (κ1) is 13.8. The molecule has 0 saturated carbocycles. The Labute approximate surface area is 102 Å². The monoisotopic (exact) mass is 259 g/mol. The van der Waals surface area contributed by atoms with E-state index >= 15 is 0 Å². The summed E-state index contributed by atoms with van der Waals surface area (Å²) in [5.41, 5.74) is 6.75. The molecule has 1 aromatic rings. The molecule has 6 nitrogen and oxygen atoms in total. The standard InChI is InChI=1S/C10H17N3O3S/c1-13(2)17(14,15)12-9-5-4-8(7-11)6-10(9)16-3/h4-6,12H,7,11H2,1-3H3. The van der Waals surface area contributed by atoms with Crippen LogP contribution in [0.5, 0.6) is 5.75 Å². The number of rotatable bonds is 5. The van der Waals surface area contributed by atoms with Crippen molar-refractivity contribution in [3.8, 4) is 5.75 Å². The summed E-state index contributed by atoms with van der Waals surface area (Å²) in [6.45, 7) is 0.372. The van der Waals surface area contributed by atoms with Gasteiger partial charge in [-0.1, -0.05) is 6.07 Å². The minimum Gasteiger partial charge on any atom is -0.495 e. The van der Waals surface area contributed by atoms with Crippen molar-refractivity contribution in [2.75, 3.05) is 25.9 Å². The molecule has 1 aromatic carbocycles. The lowest BCUT2D eigenvalue weighted by molar-refractivity contribution is 0.416. The molecule has 0 radical (unpaired) electrons. The highest BCUT2D eigenvalue weighted by molar-refractivity contribution is 7.90. The molecule has 0 amide bonds. The van der Waals surface area contributed by atoms with Crippen molar-refractivity contribution >= 4 is 15.9 Å². The fraction of sp³-hybridized carbons (Fsp3) is 0.400. The number of ether oxygens (including phenoxy) is 1. The van der Waals surface area contributed by atoms with Crippen LogP contribution in [-0.2, 0) is 16.8 Å². The summed E-state index contributed by atoms with van der Waals surface area (Å²) in [5.74, 6) is 0.443. The van der Waals surface area contributed by atoms with Crippen LogP contribution in [0.2, 0.25) is 0 Å². The lowest BCUT2D eigenvalue weighted by Gasteiger charge is -2.16. The second-order valence-corrected chi connectivity index (χ2v) is 5.51. The molecule has 0 spiro atoms. The zero-order valence-electron chi connectivity index (χ0n) is 10.1. The second kappa shape index (κ2) is 5.35. The molecule has 0 heterocycles. The molecule has 0 atom stereocenters. The van der Waals surface area contributed by atoms with Gasteiger partial charge in [0.1, 0.15) is 5.75 Å². The Morgan fingerprint density at radius 2 is 2.06 bits per heavy atom. The third-order valence-electron chi connectivity index (χ3n) is 2.22. The van der Waals surface area contributed by atoms with Gasteiger partial charge in [-0.05, 0) is 17.7 Å². The van der Waals surface area contributed by atoms with Gasteiger partial charge < -0.3 is 10.5 Å². The van der Waals surface area contributed by atoms with Crippen LogP contribution in [0.25, 0.3) is 0 Å². The van der Waals surface area contributed by atoms with Gasteiger partial charge in [-0.2, -0.15) is 12.7 Å². The van der Waals surface area contributed by atoms with E-state index in [1.54, 1.807) is 18.2 Å². The number of methoxy groups -OCH3 is 1. The predicted molar refractivity (Wildman–Crippen MR) is 67.1 cm³/mol. The van der Waals surface area contributed by atoms with Gasteiger partial charge in [0.05, 0.1) is 12.8 Å². The fourth-order valence-electron chi connectivity index (χ4n) is 1.18. The van der Waals surface area contributed by atoms with Crippen molar-refractivity contribution in [3.63, 3.8) is 0 Å². The number of nitrogens with one attached hydrogen (secondary N) is 1. The molecular formula is C10H17N3O3S. The first-order valence-corrected chi connectivity index (χ1v) is 6.42. The summed E-state index contributed by atoms with van der Waals surface area (Å²) in [6, 6.07) is 5.08. The van der Waals surface area contributed by atoms with Crippen LogP contribution in [0.1, 0.15) is 5.56 Å². The van der Waals surface area contributed by atoms with Gasteiger partial charge in [0.15, 0.2) is 0 Å². The SMILES string of the molecule is COc1cc(CN)ccc1NS(=O)(=O)N(C)C. The second-order valence-electron chi connectivity index (χ2n) is 3.63. The van der Waals surface area contributed by atoms with Gasteiger partial charge >= 0.3 is 10.2 Å². The summed E-state index contributed by atoms with van der Waals surface area (Å²) >= 11 is 0. The molecule has 0 aliphatic carbocycles. The number of hydrogen-bond acceptors (Lipinski definition) is 4. The highest BCUT2D eigenvalue weighted by Crippen LogP contribution is 2.26. The summed E-state index contributed by atoms with van der Waals surface area (Å²) < 4.78 is 31.9. The Bertz CT molecular complexity index is 486. The Morgan fingerprint density at radius 1 is 1.41 bits per heavy atom. The maximum Gasteiger partial charge on any atom is 0.301 e. The van der Waals surface area contributed by atoms with E-state index in [1.807, 2.05) is 0 Å².